The van der Waals surface area contributed by atoms with E-state index in [1.54, 1.807) is 5.56 Å². The zero-order chi connectivity index (χ0) is 49.5. The van der Waals surface area contributed by atoms with E-state index in [4.69, 9.17) is 4.42 Å². The second-order valence-electron chi connectivity index (χ2n) is 27.4. The number of rotatable bonds is 3. The molecular weight excluding hydrogens is 860 g/mol. The van der Waals surface area contributed by atoms with Crippen molar-refractivity contribution in [3.05, 3.63) is 148 Å². The van der Waals surface area contributed by atoms with Gasteiger partial charge < -0.3 is 9.32 Å². The minimum absolute atomic E-state index is 0.0246. The summed E-state index contributed by atoms with van der Waals surface area (Å²) in [6.45, 7) is 31.8. The summed E-state index contributed by atoms with van der Waals surface area (Å²) in [6, 6.07) is 43.7. The van der Waals surface area contributed by atoms with Crippen molar-refractivity contribution in [2.24, 2.45) is 5.92 Å². The summed E-state index contributed by atoms with van der Waals surface area (Å²) < 4.78 is 7.68. The molecule has 5 aliphatic carbocycles. The molecule has 0 spiro atoms. The van der Waals surface area contributed by atoms with Crippen LogP contribution in [0, 0.1) is 5.92 Å². The maximum absolute atomic E-state index is 7.68. The molecule has 2 aliphatic heterocycles. The van der Waals surface area contributed by atoms with Crippen molar-refractivity contribution < 1.29 is 4.42 Å². The van der Waals surface area contributed by atoms with Crippen LogP contribution in [0.2, 0.25) is 0 Å². The molecule has 3 nitrogen and oxygen atoms in total. The van der Waals surface area contributed by atoms with Crippen molar-refractivity contribution in [3.8, 4) is 11.1 Å². The summed E-state index contributed by atoms with van der Waals surface area (Å²) >= 11 is 0. The van der Waals surface area contributed by atoms with Crippen LogP contribution in [0.4, 0.5) is 34.3 Å². The van der Waals surface area contributed by atoms with Crippen LogP contribution < -0.4 is 26.2 Å². The van der Waals surface area contributed by atoms with E-state index in [1.807, 2.05) is 0 Å². The topological polar surface area (TPSA) is 19.6 Å². The van der Waals surface area contributed by atoms with E-state index in [-0.39, 0.29) is 39.2 Å². The van der Waals surface area contributed by atoms with Gasteiger partial charge in [-0.2, -0.15) is 0 Å². The normalized spacial score (nSPS) is 23.8. The summed E-state index contributed by atoms with van der Waals surface area (Å²) in [5.74, 6) is 2.20. The Morgan fingerprint density at radius 2 is 1.10 bits per heavy atom. The summed E-state index contributed by atoms with van der Waals surface area (Å²) in [7, 11) is 0. The molecule has 362 valence electrons. The molecule has 1 fully saturated rings. The quantitative estimate of drug-likeness (QED) is 0.165. The fraction of sp³-hybridized carbons (Fsp3) is 0.433. The van der Waals surface area contributed by atoms with Gasteiger partial charge in [-0.05, 0) is 211 Å². The van der Waals surface area contributed by atoms with E-state index in [2.05, 4.69) is 209 Å². The Labute approximate surface area is 425 Å². The van der Waals surface area contributed by atoms with Crippen LogP contribution in [-0.4, -0.2) is 6.71 Å². The summed E-state index contributed by atoms with van der Waals surface area (Å²) in [4.78, 5) is 5.24. The highest BCUT2D eigenvalue weighted by atomic mass is 16.4. The summed E-state index contributed by atoms with van der Waals surface area (Å²) in [5, 5.41) is 1.29. The summed E-state index contributed by atoms with van der Waals surface area (Å²) in [6.07, 6.45) is 9.83. The van der Waals surface area contributed by atoms with Crippen LogP contribution in [-0.2, 0) is 32.5 Å². The van der Waals surface area contributed by atoms with Crippen LogP contribution >= 0.6 is 0 Å². The lowest BCUT2D eigenvalue weighted by molar-refractivity contribution is 0.248. The van der Waals surface area contributed by atoms with Gasteiger partial charge in [0.25, 0.3) is 6.71 Å². The molecule has 1 aromatic heterocycles. The van der Waals surface area contributed by atoms with Crippen molar-refractivity contribution in [1.82, 2.24) is 0 Å². The first kappa shape index (κ1) is 45.4. The number of anilines is 6. The molecule has 7 aromatic rings. The minimum atomic E-state index is -0.0528. The van der Waals surface area contributed by atoms with Crippen molar-refractivity contribution >= 4 is 68.4 Å². The van der Waals surface area contributed by atoms with Gasteiger partial charge in [0.1, 0.15) is 5.58 Å². The fourth-order valence-corrected chi connectivity index (χ4v) is 15.0. The fourth-order valence-electron chi connectivity index (χ4n) is 15.0. The molecule has 0 radical (unpaired) electrons. The molecular formula is C67H75BN2O. The molecule has 0 N–H and O–H groups in total. The van der Waals surface area contributed by atoms with Gasteiger partial charge in [-0.25, -0.2) is 0 Å². The van der Waals surface area contributed by atoms with Crippen LogP contribution in [0.15, 0.2) is 114 Å². The van der Waals surface area contributed by atoms with Gasteiger partial charge in [-0.15, -0.1) is 0 Å². The van der Waals surface area contributed by atoms with Crippen LogP contribution in [0.5, 0.6) is 0 Å². The standard InChI is InChI=1S/C67H75BN2O/c1-40-41-25-27-67(13,28-26-41)50-39-58-48(36-47(40)50)59-61(71-58)70(45-21-19-44(20-22-45)62(2,3)4)57-34-43(42-17-15-14-16-18-42)33-56-60(57)68(59)54-37-52-53(66(11,12)32-31-65(52,9)10)38-55(54)69(56)46-23-24-49-51(35-46)64(7,8)30-29-63(49,5)6/h14-24,33-41H,25-32H2,1-13H3. The first-order chi connectivity index (χ1) is 33.5. The second-order valence-corrected chi connectivity index (χ2v) is 27.4. The Kier molecular flexibility index (Phi) is 9.48. The van der Waals surface area contributed by atoms with E-state index in [9.17, 15) is 0 Å². The first-order valence-corrected chi connectivity index (χ1v) is 27.4. The van der Waals surface area contributed by atoms with Gasteiger partial charge in [-0.3, -0.25) is 4.90 Å². The Hall–Kier alpha value is -5.48. The number of fused-ring (bicyclic) bond motifs is 10. The monoisotopic (exact) mass is 935 g/mol. The highest BCUT2D eigenvalue weighted by molar-refractivity contribution is 7.01. The highest BCUT2D eigenvalue weighted by Gasteiger charge is 2.50. The van der Waals surface area contributed by atoms with Gasteiger partial charge in [0.2, 0.25) is 5.88 Å². The zero-order valence-corrected chi connectivity index (χ0v) is 45.1. The van der Waals surface area contributed by atoms with E-state index in [0.29, 0.717) is 5.92 Å². The third-order valence-electron chi connectivity index (χ3n) is 20.0. The molecule has 7 aliphatic rings. The van der Waals surface area contributed by atoms with Crippen molar-refractivity contribution in [3.63, 3.8) is 0 Å². The number of benzene rings is 6. The molecule has 6 aromatic carbocycles. The SMILES string of the molecule is CC1c2cc3c4c(oc3cc2C2(C)CCC1CC2)N(c1ccc(C(C)(C)C)cc1)c1cc(-c2ccccc2)cc2c1B4c1cc3c(cc1N2c1ccc2c(c1)C(C)(C)CCC2(C)C)C(C)(C)CCC3(C)C. The van der Waals surface area contributed by atoms with Crippen LogP contribution in [0.3, 0.4) is 0 Å². The molecule has 2 bridgehead atoms. The predicted octanol–water partition coefficient (Wildman–Crippen LogP) is 16.7. The first-order valence-electron chi connectivity index (χ1n) is 27.4. The number of furan rings is 1. The lowest BCUT2D eigenvalue weighted by Crippen LogP contribution is -2.61. The molecule has 1 unspecified atom stereocenters. The van der Waals surface area contributed by atoms with E-state index in [0.717, 1.165) is 23.1 Å². The summed E-state index contributed by atoms with van der Waals surface area (Å²) in [5.41, 5.74) is 24.5. The molecule has 71 heavy (non-hydrogen) atoms. The Bertz CT molecular complexity index is 3350. The number of hydrogen-bond donors (Lipinski definition) is 0. The van der Waals surface area contributed by atoms with Gasteiger partial charge in [-0.1, -0.05) is 145 Å². The average Bonchev–Trinajstić information content (AvgIpc) is 3.63. The number of hydrogen-bond acceptors (Lipinski definition) is 3. The predicted molar refractivity (Wildman–Crippen MR) is 303 cm³/mol. The van der Waals surface area contributed by atoms with Crippen molar-refractivity contribution in [2.45, 2.75) is 180 Å². The third-order valence-corrected chi connectivity index (χ3v) is 20.0. The maximum atomic E-state index is 7.68. The van der Waals surface area contributed by atoms with Crippen molar-refractivity contribution in [1.29, 1.82) is 0 Å². The van der Waals surface area contributed by atoms with Crippen LogP contribution in [0.25, 0.3) is 22.1 Å². The lowest BCUT2D eigenvalue weighted by atomic mass is 9.33. The minimum Gasteiger partial charge on any atom is -0.440 e. The lowest BCUT2D eigenvalue weighted by Gasteiger charge is -2.47. The van der Waals surface area contributed by atoms with Gasteiger partial charge >= 0.3 is 0 Å². The van der Waals surface area contributed by atoms with E-state index in [1.165, 1.54) is 140 Å². The van der Waals surface area contributed by atoms with Gasteiger partial charge in [0.15, 0.2) is 0 Å². The van der Waals surface area contributed by atoms with Gasteiger partial charge in [0.05, 0.1) is 0 Å². The largest absolute Gasteiger partial charge is 0.440 e. The van der Waals surface area contributed by atoms with Crippen LogP contribution in [0.1, 0.15) is 186 Å². The average molecular weight is 935 g/mol. The smallest absolute Gasteiger partial charge is 0.257 e. The second kappa shape index (κ2) is 14.8. The molecule has 1 saturated carbocycles. The zero-order valence-electron chi connectivity index (χ0n) is 45.1. The van der Waals surface area contributed by atoms with Gasteiger partial charge in [0, 0.05) is 39.3 Å². The number of nitrogens with zero attached hydrogens (tertiary/aromatic N) is 2. The molecule has 0 amide bonds. The molecule has 4 heteroatoms. The highest BCUT2D eigenvalue weighted by Crippen LogP contribution is 2.56. The Balaban J connectivity index is 1.18. The van der Waals surface area contributed by atoms with E-state index < -0.39 is 0 Å². The molecule has 0 saturated heterocycles. The van der Waals surface area contributed by atoms with E-state index >= 15 is 0 Å². The molecule has 14 rings (SSSR count). The Morgan fingerprint density at radius 1 is 0.521 bits per heavy atom. The Morgan fingerprint density at radius 3 is 1.73 bits per heavy atom. The maximum Gasteiger partial charge on any atom is 0.257 e. The van der Waals surface area contributed by atoms with Crippen molar-refractivity contribution in [2.75, 3.05) is 9.80 Å². The molecule has 3 heterocycles. The third kappa shape index (κ3) is 6.60. The molecule has 1 atom stereocenters.